The number of aromatic nitrogens is 2. The lowest BCUT2D eigenvalue weighted by Gasteiger charge is -2.16. The van der Waals surface area contributed by atoms with E-state index in [0.29, 0.717) is 22.7 Å². The van der Waals surface area contributed by atoms with Crippen LogP contribution in [0.5, 0.6) is 5.75 Å². The molecule has 9 heteroatoms. The van der Waals surface area contributed by atoms with Gasteiger partial charge < -0.3 is 14.6 Å². The number of para-hydroxylation sites is 1. The molecule has 0 amide bonds. The van der Waals surface area contributed by atoms with Gasteiger partial charge in [-0.25, -0.2) is 18.5 Å². The summed E-state index contributed by atoms with van der Waals surface area (Å²) in [7, 11) is -1.91. The van der Waals surface area contributed by atoms with Gasteiger partial charge in [-0.3, -0.25) is 0 Å². The van der Waals surface area contributed by atoms with Crippen LogP contribution in [0.15, 0.2) is 47.6 Å². The van der Waals surface area contributed by atoms with Crippen LogP contribution in [0.1, 0.15) is 19.4 Å². The maximum atomic E-state index is 11.7. The predicted octanol–water partition coefficient (Wildman–Crippen LogP) is 2.99. The standard InChI is InChI=1S/C19H22N4O3S2/c1-12(2)26-17-8-7-14(28(20,24)25)9-13(17)10-18(27)22-16-6-4-5-15-19(16)23(3)11-21-15/h4-9,11-12H,10H2,1-3H3,(H,22,27)(H2,20,24,25). The van der Waals surface area contributed by atoms with Crippen LogP contribution in [0.3, 0.4) is 0 Å². The first-order valence-electron chi connectivity index (χ1n) is 8.67. The summed E-state index contributed by atoms with van der Waals surface area (Å²) in [6.45, 7) is 3.80. The Bertz CT molecular complexity index is 1140. The van der Waals surface area contributed by atoms with Crippen LogP contribution >= 0.6 is 12.2 Å². The molecule has 3 aromatic rings. The number of sulfonamides is 1. The van der Waals surface area contributed by atoms with Gasteiger partial charge in [0.1, 0.15) is 5.75 Å². The maximum absolute atomic E-state index is 11.7. The van der Waals surface area contributed by atoms with E-state index >= 15 is 0 Å². The highest BCUT2D eigenvalue weighted by atomic mass is 32.2. The lowest BCUT2D eigenvalue weighted by molar-refractivity contribution is 0.240. The second-order valence-electron chi connectivity index (χ2n) is 6.73. The van der Waals surface area contributed by atoms with Crippen LogP contribution in [0.4, 0.5) is 5.69 Å². The first kappa shape index (κ1) is 20.2. The summed E-state index contributed by atoms with van der Waals surface area (Å²) < 4.78 is 31.2. The van der Waals surface area contributed by atoms with E-state index in [9.17, 15) is 8.42 Å². The number of primary sulfonamides is 1. The van der Waals surface area contributed by atoms with Gasteiger partial charge in [0, 0.05) is 19.0 Å². The van der Waals surface area contributed by atoms with Gasteiger partial charge in [0.2, 0.25) is 10.0 Å². The molecule has 0 fully saturated rings. The molecule has 0 saturated heterocycles. The summed E-state index contributed by atoms with van der Waals surface area (Å²) in [5.41, 5.74) is 3.27. The maximum Gasteiger partial charge on any atom is 0.238 e. The van der Waals surface area contributed by atoms with Crippen molar-refractivity contribution in [3.63, 3.8) is 0 Å². The van der Waals surface area contributed by atoms with Crippen LogP contribution in [-0.4, -0.2) is 29.1 Å². The number of hydrogen-bond acceptors (Lipinski definition) is 5. The minimum Gasteiger partial charge on any atom is -0.491 e. The first-order valence-corrected chi connectivity index (χ1v) is 10.6. The summed E-state index contributed by atoms with van der Waals surface area (Å²) >= 11 is 5.53. The highest BCUT2D eigenvalue weighted by Gasteiger charge is 2.15. The van der Waals surface area contributed by atoms with E-state index in [1.54, 1.807) is 12.4 Å². The van der Waals surface area contributed by atoms with Gasteiger partial charge in [-0.05, 0) is 44.2 Å². The molecular formula is C19H22N4O3S2. The number of nitrogens with one attached hydrogen (secondary N) is 1. The minimum atomic E-state index is -3.82. The smallest absolute Gasteiger partial charge is 0.238 e. The third kappa shape index (κ3) is 4.49. The Morgan fingerprint density at radius 1 is 1.32 bits per heavy atom. The summed E-state index contributed by atoms with van der Waals surface area (Å²) in [6, 6.07) is 10.3. The second kappa shape index (κ2) is 7.86. The van der Waals surface area contributed by atoms with E-state index in [0.717, 1.165) is 16.7 Å². The Kier molecular flexibility index (Phi) is 5.69. The highest BCUT2D eigenvalue weighted by molar-refractivity contribution is 7.89. The Labute approximate surface area is 169 Å². The molecule has 0 atom stereocenters. The number of fused-ring (bicyclic) bond motifs is 1. The van der Waals surface area contributed by atoms with Crippen molar-refractivity contribution >= 4 is 44.0 Å². The monoisotopic (exact) mass is 418 g/mol. The van der Waals surface area contributed by atoms with E-state index < -0.39 is 10.0 Å². The van der Waals surface area contributed by atoms with Crippen molar-refractivity contribution in [1.29, 1.82) is 0 Å². The molecule has 0 saturated carbocycles. The Morgan fingerprint density at radius 2 is 2.07 bits per heavy atom. The summed E-state index contributed by atoms with van der Waals surface area (Å²) in [5, 5.41) is 8.51. The molecule has 1 aromatic heterocycles. The van der Waals surface area contributed by atoms with Gasteiger partial charge in [0.25, 0.3) is 0 Å². The number of benzene rings is 2. The fraction of sp³-hybridized carbons (Fsp3) is 0.263. The van der Waals surface area contributed by atoms with Gasteiger partial charge in [0.15, 0.2) is 0 Å². The predicted molar refractivity (Wildman–Crippen MR) is 114 cm³/mol. The van der Waals surface area contributed by atoms with E-state index in [1.165, 1.54) is 12.1 Å². The van der Waals surface area contributed by atoms with Crippen LogP contribution < -0.4 is 15.2 Å². The third-order valence-electron chi connectivity index (χ3n) is 4.09. The average molecular weight is 419 g/mol. The first-order chi connectivity index (χ1) is 13.1. The second-order valence-corrected chi connectivity index (χ2v) is 8.79. The number of hydrogen-bond donors (Lipinski definition) is 2. The molecule has 1 heterocycles. The van der Waals surface area contributed by atoms with Crippen LogP contribution in [0, 0.1) is 0 Å². The third-order valence-corrected chi connectivity index (χ3v) is 5.24. The Balaban J connectivity index is 1.90. The lowest BCUT2D eigenvalue weighted by Crippen LogP contribution is -2.17. The van der Waals surface area contributed by atoms with E-state index in [4.69, 9.17) is 22.1 Å². The largest absolute Gasteiger partial charge is 0.491 e. The number of nitrogens with two attached hydrogens (primary N) is 1. The normalized spacial score (nSPS) is 11.8. The van der Waals surface area contributed by atoms with E-state index in [2.05, 4.69) is 10.3 Å². The molecule has 0 radical (unpaired) electrons. The molecule has 7 nitrogen and oxygen atoms in total. The molecule has 0 aliphatic heterocycles. The number of imidazole rings is 1. The fourth-order valence-electron chi connectivity index (χ4n) is 2.92. The molecule has 0 aliphatic rings. The number of thiocarbonyl (C=S) groups is 1. The molecule has 0 unspecified atom stereocenters. The van der Waals surface area contributed by atoms with Crippen molar-refractivity contribution in [2.24, 2.45) is 12.2 Å². The van der Waals surface area contributed by atoms with Crippen molar-refractivity contribution in [2.45, 2.75) is 31.3 Å². The Hall–Kier alpha value is -2.49. The zero-order chi connectivity index (χ0) is 20.5. The number of aryl methyl sites for hydroxylation is 1. The molecule has 2 aromatic carbocycles. The quantitative estimate of drug-likeness (QED) is 0.597. The van der Waals surface area contributed by atoms with Crippen LogP contribution in [0.25, 0.3) is 11.0 Å². The summed E-state index contributed by atoms with van der Waals surface area (Å²) in [6.07, 6.45) is 1.97. The van der Waals surface area contributed by atoms with Crippen molar-refractivity contribution in [3.05, 3.63) is 48.3 Å². The lowest BCUT2D eigenvalue weighted by atomic mass is 10.1. The molecular weight excluding hydrogens is 396 g/mol. The van der Waals surface area contributed by atoms with E-state index in [1.807, 2.05) is 43.7 Å². The van der Waals surface area contributed by atoms with Gasteiger partial charge in [0.05, 0.1) is 39.0 Å². The Morgan fingerprint density at radius 3 is 2.75 bits per heavy atom. The molecule has 28 heavy (non-hydrogen) atoms. The molecule has 3 rings (SSSR count). The van der Waals surface area contributed by atoms with Crippen molar-refractivity contribution in [2.75, 3.05) is 5.32 Å². The molecule has 0 bridgehead atoms. The summed E-state index contributed by atoms with van der Waals surface area (Å²) in [5.74, 6) is 0.574. The van der Waals surface area contributed by atoms with Gasteiger partial charge in [-0.15, -0.1) is 0 Å². The molecule has 148 valence electrons. The average Bonchev–Trinajstić information content (AvgIpc) is 2.97. The topological polar surface area (TPSA) is 99.2 Å². The molecule has 0 spiro atoms. The van der Waals surface area contributed by atoms with Gasteiger partial charge in [-0.1, -0.05) is 18.3 Å². The van der Waals surface area contributed by atoms with Crippen molar-refractivity contribution < 1.29 is 13.2 Å². The summed E-state index contributed by atoms with van der Waals surface area (Å²) in [4.78, 5) is 4.88. The minimum absolute atomic E-state index is 0.0233. The fourth-order valence-corrected chi connectivity index (χ4v) is 3.75. The van der Waals surface area contributed by atoms with Crippen LogP contribution in [0.2, 0.25) is 0 Å². The number of rotatable bonds is 6. The van der Waals surface area contributed by atoms with Gasteiger partial charge >= 0.3 is 0 Å². The number of ether oxygens (including phenoxy) is 1. The number of anilines is 1. The SMILES string of the molecule is CC(C)Oc1ccc(S(N)(=O)=O)cc1CC(=S)Nc1cccc2ncn(C)c12. The highest BCUT2D eigenvalue weighted by Crippen LogP contribution is 2.26. The van der Waals surface area contributed by atoms with Crippen molar-refractivity contribution in [3.8, 4) is 5.75 Å². The molecule has 3 N–H and O–H groups in total. The molecule has 0 aliphatic carbocycles. The zero-order valence-corrected chi connectivity index (χ0v) is 17.5. The zero-order valence-electron chi connectivity index (χ0n) is 15.8. The number of nitrogens with zero attached hydrogens (tertiary/aromatic N) is 2. The van der Waals surface area contributed by atoms with E-state index in [-0.39, 0.29) is 11.0 Å². The van der Waals surface area contributed by atoms with Crippen molar-refractivity contribution in [1.82, 2.24) is 9.55 Å². The van der Waals surface area contributed by atoms with Crippen LogP contribution in [-0.2, 0) is 23.5 Å². The van der Waals surface area contributed by atoms with Gasteiger partial charge in [-0.2, -0.15) is 0 Å².